The maximum atomic E-state index is 6.11. The number of benzene rings is 2. The molecule has 0 spiro atoms. The standard InChI is InChI=1S/C20H21Cl2N/c21-19-9-8-18(14-20(19)22)13-16-7-4-11-23(12-10-16)15-17-5-2-1-3-6-17/h1-3,5-6,8-9,13-14H,4,7,10-12,15H2. The molecular weight excluding hydrogens is 325 g/mol. The number of likely N-dealkylation sites (tertiary alicyclic amines) is 1. The zero-order chi connectivity index (χ0) is 16.1. The van der Waals surface area contributed by atoms with E-state index in [-0.39, 0.29) is 0 Å². The van der Waals surface area contributed by atoms with Gasteiger partial charge in [-0.1, -0.05) is 71.2 Å². The summed E-state index contributed by atoms with van der Waals surface area (Å²) in [6.07, 6.45) is 5.76. The minimum absolute atomic E-state index is 0.615. The smallest absolute Gasteiger partial charge is 0.0598 e. The van der Waals surface area contributed by atoms with Crippen molar-refractivity contribution in [2.45, 2.75) is 25.8 Å². The lowest BCUT2D eigenvalue weighted by molar-refractivity contribution is 0.278. The molecule has 0 radical (unpaired) electrons. The molecule has 0 saturated carbocycles. The molecule has 1 aliphatic heterocycles. The van der Waals surface area contributed by atoms with Crippen LogP contribution in [0.3, 0.4) is 0 Å². The van der Waals surface area contributed by atoms with Crippen molar-refractivity contribution in [1.29, 1.82) is 0 Å². The molecule has 0 bridgehead atoms. The van der Waals surface area contributed by atoms with Crippen LogP contribution in [0.15, 0.2) is 54.1 Å². The number of rotatable bonds is 3. The van der Waals surface area contributed by atoms with E-state index >= 15 is 0 Å². The van der Waals surface area contributed by atoms with E-state index in [0.29, 0.717) is 10.0 Å². The molecule has 2 aromatic rings. The van der Waals surface area contributed by atoms with Crippen LogP contribution in [0.25, 0.3) is 6.08 Å². The Kier molecular flexibility index (Phi) is 5.77. The second-order valence-electron chi connectivity index (χ2n) is 6.09. The molecule has 3 rings (SSSR count). The predicted octanol–water partition coefficient (Wildman–Crippen LogP) is 6.06. The number of halogens is 2. The van der Waals surface area contributed by atoms with Crippen molar-refractivity contribution < 1.29 is 0 Å². The van der Waals surface area contributed by atoms with Gasteiger partial charge in [0, 0.05) is 13.1 Å². The van der Waals surface area contributed by atoms with Gasteiger partial charge in [-0.05, 0) is 49.1 Å². The van der Waals surface area contributed by atoms with Crippen molar-refractivity contribution >= 4 is 29.3 Å². The predicted molar refractivity (Wildman–Crippen MR) is 100 cm³/mol. The summed E-state index contributed by atoms with van der Waals surface area (Å²) in [6, 6.07) is 16.6. The molecule has 1 saturated heterocycles. The Labute approximate surface area is 148 Å². The fraction of sp³-hybridized carbons (Fsp3) is 0.300. The first kappa shape index (κ1) is 16.6. The molecule has 3 heteroatoms. The number of hydrogen-bond acceptors (Lipinski definition) is 1. The van der Waals surface area contributed by atoms with Crippen LogP contribution in [-0.4, -0.2) is 18.0 Å². The molecule has 0 atom stereocenters. The zero-order valence-corrected chi connectivity index (χ0v) is 14.7. The van der Waals surface area contributed by atoms with Gasteiger partial charge in [0.15, 0.2) is 0 Å². The molecule has 23 heavy (non-hydrogen) atoms. The van der Waals surface area contributed by atoms with Gasteiger partial charge in [0.05, 0.1) is 10.0 Å². The highest BCUT2D eigenvalue weighted by Crippen LogP contribution is 2.26. The number of hydrogen-bond donors (Lipinski definition) is 0. The molecule has 1 nitrogen and oxygen atoms in total. The van der Waals surface area contributed by atoms with E-state index < -0.39 is 0 Å². The van der Waals surface area contributed by atoms with Crippen molar-refractivity contribution in [3.05, 3.63) is 75.3 Å². The lowest BCUT2D eigenvalue weighted by Gasteiger charge is -2.19. The van der Waals surface area contributed by atoms with Crippen molar-refractivity contribution in [1.82, 2.24) is 4.90 Å². The zero-order valence-electron chi connectivity index (χ0n) is 13.1. The molecule has 0 aromatic heterocycles. The fourth-order valence-electron chi connectivity index (χ4n) is 3.05. The Balaban J connectivity index is 1.63. The van der Waals surface area contributed by atoms with Gasteiger partial charge in [-0.15, -0.1) is 0 Å². The quantitative estimate of drug-likeness (QED) is 0.653. The van der Waals surface area contributed by atoms with Crippen LogP contribution in [0.4, 0.5) is 0 Å². The van der Waals surface area contributed by atoms with Gasteiger partial charge in [-0.3, -0.25) is 4.90 Å². The normalized spacial score (nSPS) is 18.1. The van der Waals surface area contributed by atoms with E-state index in [1.54, 1.807) is 0 Å². The number of nitrogens with zero attached hydrogens (tertiary/aromatic N) is 1. The summed E-state index contributed by atoms with van der Waals surface area (Å²) in [5, 5.41) is 1.24. The highest BCUT2D eigenvalue weighted by molar-refractivity contribution is 6.42. The molecule has 2 aromatic carbocycles. The third-order valence-corrected chi connectivity index (χ3v) is 5.02. The van der Waals surface area contributed by atoms with E-state index in [2.05, 4.69) is 41.3 Å². The highest BCUT2D eigenvalue weighted by atomic mass is 35.5. The molecule has 0 amide bonds. The van der Waals surface area contributed by atoms with Crippen molar-refractivity contribution in [3.63, 3.8) is 0 Å². The van der Waals surface area contributed by atoms with Crippen molar-refractivity contribution in [2.24, 2.45) is 0 Å². The summed E-state index contributed by atoms with van der Waals surface area (Å²) in [6.45, 7) is 3.32. The Hall–Kier alpha value is -1.28. The van der Waals surface area contributed by atoms with Gasteiger partial charge in [0.25, 0.3) is 0 Å². The van der Waals surface area contributed by atoms with Gasteiger partial charge < -0.3 is 0 Å². The Morgan fingerprint density at radius 3 is 2.52 bits per heavy atom. The lowest BCUT2D eigenvalue weighted by Crippen LogP contribution is -2.23. The van der Waals surface area contributed by atoms with Gasteiger partial charge in [0.2, 0.25) is 0 Å². The van der Waals surface area contributed by atoms with E-state index in [9.17, 15) is 0 Å². The maximum absolute atomic E-state index is 6.11. The molecule has 0 unspecified atom stereocenters. The van der Waals surface area contributed by atoms with Crippen molar-refractivity contribution in [2.75, 3.05) is 13.1 Å². The summed E-state index contributed by atoms with van der Waals surface area (Å²) < 4.78 is 0. The molecule has 120 valence electrons. The first-order valence-corrected chi connectivity index (χ1v) is 8.87. The van der Waals surface area contributed by atoms with Crippen LogP contribution >= 0.6 is 23.2 Å². The van der Waals surface area contributed by atoms with Gasteiger partial charge in [-0.2, -0.15) is 0 Å². The Morgan fingerprint density at radius 1 is 0.913 bits per heavy atom. The van der Waals surface area contributed by atoms with Crippen molar-refractivity contribution in [3.8, 4) is 0 Å². The van der Waals surface area contributed by atoms with Gasteiger partial charge in [0.1, 0.15) is 0 Å². The van der Waals surface area contributed by atoms with Crippen LogP contribution in [0.2, 0.25) is 10.0 Å². The third kappa shape index (κ3) is 4.84. The first-order valence-electron chi connectivity index (χ1n) is 8.11. The summed E-state index contributed by atoms with van der Waals surface area (Å²) in [5.41, 5.74) is 4.04. The maximum Gasteiger partial charge on any atom is 0.0598 e. The first-order chi connectivity index (χ1) is 11.2. The van der Waals surface area contributed by atoms with E-state index in [4.69, 9.17) is 23.2 Å². The van der Waals surface area contributed by atoms with E-state index in [1.165, 1.54) is 17.6 Å². The third-order valence-electron chi connectivity index (χ3n) is 4.28. The average Bonchev–Trinajstić information content (AvgIpc) is 2.77. The lowest BCUT2D eigenvalue weighted by atomic mass is 10.0. The second kappa shape index (κ2) is 8.01. The molecule has 0 aliphatic carbocycles. The van der Waals surface area contributed by atoms with Crippen LogP contribution in [-0.2, 0) is 6.54 Å². The van der Waals surface area contributed by atoms with E-state index in [0.717, 1.165) is 38.0 Å². The Bertz CT molecular complexity index is 679. The summed E-state index contributed by atoms with van der Waals surface area (Å²) in [4.78, 5) is 2.55. The van der Waals surface area contributed by atoms with E-state index in [1.807, 2.05) is 18.2 Å². The monoisotopic (exact) mass is 345 g/mol. The minimum atomic E-state index is 0.615. The highest BCUT2D eigenvalue weighted by Gasteiger charge is 2.12. The molecule has 1 heterocycles. The van der Waals surface area contributed by atoms with Crippen LogP contribution in [0.1, 0.15) is 30.4 Å². The topological polar surface area (TPSA) is 3.24 Å². The molecule has 0 N–H and O–H groups in total. The largest absolute Gasteiger partial charge is 0.299 e. The average molecular weight is 346 g/mol. The molecule has 1 aliphatic rings. The summed E-state index contributed by atoms with van der Waals surface area (Å²) in [7, 11) is 0. The Morgan fingerprint density at radius 2 is 1.74 bits per heavy atom. The fourth-order valence-corrected chi connectivity index (χ4v) is 3.36. The van der Waals surface area contributed by atoms with Crippen LogP contribution in [0.5, 0.6) is 0 Å². The molecular formula is C20H21Cl2N. The SMILES string of the molecule is Clc1ccc(C=C2CCCN(Cc3ccccc3)CC2)cc1Cl. The van der Waals surface area contributed by atoms with Gasteiger partial charge >= 0.3 is 0 Å². The second-order valence-corrected chi connectivity index (χ2v) is 6.91. The summed E-state index contributed by atoms with van der Waals surface area (Å²) in [5.74, 6) is 0. The van der Waals surface area contributed by atoms with Crippen LogP contribution < -0.4 is 0 Å². The van der Waals surface area contributed by atoms with Crippen LogP contribution in [0, 0.1) is 0 Å². The summed E-state index contributed by atoms with van der Waals surface area (Å²) >= 11 is 12.1. The molecule has 1 fully saturated rings. The minimum Gasteiger partial charge on any atom is -0.299 e. The van der Waals surface area contributed by atoms with Gasteiger partial charge in [-0.25, -0.2) is 0 Å².